The SMILES string of the molecule is COc1c2cc(c(O[C@@H]3C[C@H](COC(=O)c4cc(O)c(O)c(O)c4)[C@@H](O)[C@H](O)[C@H]3O)c1OC)CCCC[C@@H](O)CCc1ccc(O)c-2c1. The van der Waals surface area contributed by atoms with Crippen LogP contribution in [0.2, 0.25) is 0 Å². The number of ether oxygens (including phenoxy) is 4. The van der Waals surface area contributed by atoms with E-state index in [1.807, 2.05) is 18.2 Å². The van der Waals surface area contributed by atoms with E-state index in [0.717, 1.165) is 17.7 Å². The molecule has 8 N–H and O–H groups in total. The average molecular weight is 671 g/mol. The van der Waals surface area contributed by atoms with Crippen molar-refractivity contribution in [2.45, 2.75) is 75.5 Å². The fourth-order valence-corrected chi connectivity index (χ4v) is 6.41. The van der Waals surface area contributed by atoms with Gasteiger partial charge in [0.2, 0.25) is 5.75 Å². The lowest BCUT2D eigenvalue weighted by Gasteiger charge is -2.40. The maximum atomic E-state index is 12.7. The summed E-state index contributed by atoms with van der Waals surface area (Å²) in [7, 11) is 2.87. The molecule has 1 fully saturated rings. The molecular formula is C35H42O13. The molecule has 0 aromatic heterocycles. The molecule has 0 unspecified atom stereocenters. The Hall–Kier alpha value is -4.43. The normalized spacial score (nSPS) is 24.4. The second-order valence-corrected chi connectivity index (χ2v) is 12.4. The first-order valence-electron chi connectivity index (χ1n) is 15.8. The van der Waals surface area contributed by atoms with Crippen LogP contribution in [0.1, 0.15) is 53.6 Å². The fraction of sp³-hybridized carbons (Fsp3) is 0.457. The molecule has 0 spiro atoms. The van der Waals surface area contributed by atoms with Crippen molar-refractivity contribution in [2.24, 2.45) is 5.92 Å². The molecule has 2 aliphatic rings. The lowest BCUT2D eigenvalue weighted by atomic mass is 9.81. The Bertz CT molecular complexity index is 1600. The lowest BCUT2D eigenvalue weighted by molar-refractivity contribution is -0.157. The molecule has 13 heteroatoms. The van der Waals surface area contributed by atoms with Gasteiger partial charge in [0.1, 0.15) is 24.1 Å². The van der Waals surface area contributed by atoms with E-state index in [0.29, 0.717) is 55.2 Å². The summed E-state index contributed by atoms with van der Waals surface area (Å²) in [6, 6.07) is 8.89. The van der Waals surface area contributed by atoms with Crippen LogP contribution in [0, 0.1) is 5.92 Å². The van der Waals surface area contributed by atoms with Crippen LogP contribution in [-0.4, -0.2) is 98.2 Å². The van der Waals surface area contributed by atoms with Crippen LogP contribution in [0.5, 0.6) is 40.2 Å². The number of aliphatic hydroxyl groups excluding tert-OH is 4. The van der Waals surface area contributed by atoms with Crippen molar-refractivity contribution >= 4 is 5.97 Å². The van der Waals surface area contributed by atoms with Gasteiger partial charge >= 0.3 is 5.97 Å². The van der Waals surface area contributed by atoms with Gasteiger partial charge in [-0.25, -0.2) is 4.79 Å². The van der Waals surface area contributed by atoms with Gasteiger partial charge in [-0.15, -0.1) is 0 Å². The van der Waals surface area contributed by atoms with Gasteiger partial charge in [0, 0.05) is 17.0 Å². The van der Waals surface area contributed by atoms with Crippen molar-refractivity contribution in [1.29, 1.82) is 0 Å². The minimum Gasteiger partial charge on any atom is -0.507 e. The molecule has 5 rings (SSSR count). The van der Waals surface area contributed by atoms with Gasteiger partial charge in [0.05, 0.1) is 38.6 Å². The lowest BCUT2D eigenvalue weighted by Crippen LogP contribution is -2.56. The highest BCUT2D eigenvalue weighted by molar-refractivity contribution is 5.91. The number of phenols is 4. The third-order valence-electron chi connectivity index (χ3n) is 9.13. The van der Waals surface area contributed by atoms with Crippen molar-refractivity contribution < 1.29 is 64.6 Å². The Morgan fingerprint density at radius 3 is 2.15 bits per heavy atom. The van der Waals surface area contributed by atoms with Crippen LogP contribution in [0.3, 0.4) is 0 Å². The first-order chi connectivity index (χ1) is 22.9. The highest BCUT2D eigenvalue weighted by Gasteiger charge is 2.45. The first kappa shape index (κ1) is 34.9. The summed E-state index contributed by atoms with van der Waals surface area (Å²) < 4.78 is 23.3. The van der Waals surface area contributed by atoms with Gasteiger partial charge in [-0.05, 0) is 80.0 Å². The van der Waals surface area contributed by atoms with Crippen molar-refractivity contribution in [3.8, 4) is 51.4 Å². The highest BCUT2D eigenvalue weighted by atomic mass is 16.6. The Morgan fingerprint density at radius 2 is 1.46 bits per heavy atom. The minimum absolute atomic E-state index is 0.0177. The molecule has 48 heavy (non-hydrogen) atoms. The van der Waals surface area contributed by atoms with Crippen LogP contribution < -0.4 is 14.2 Å². The molecule has 260 valence electrons. The number of hydrogen-bond donors (Lipinski definition) is 8. The van der Waals surface area contributed by atoms with Gasteiger partial charge in [-0.3, -0.25) is 0 Å². The maximum absolute atomic E-state index is 12.7. The van der Waals surface area contributed by atoms with E-state index in [2.05, 4.69) is 0 Å². The van der Waals surface area contributed by atoms with Gasteiger partial charge in [0.25, 0.3) is 0 Å². The summed E-state index contributed by atoms with van der Waals surface area (Å²) in [4.78, 5) is 12.7. The molecular weight excluding hydrogens is 628 g/mol. The van der Waals surface area contributed by atoms with Gasteiger partial charge in [-0.2, -0.15) is 0 Å². The standard InChI is InChI=1S/C35H42O13/c1-45-33-23-12-18(5-3-4-6-21(36)9-7-17-8-10-24(37)22(23)11-17)32(34(33)46-2)48-27-15-20(28(40)31(43)30(27)42)16-47-35(44)19-13-25(38)29(41)26(39)14-19/h8,10-14,20-21,27-28,30-31,36-43H,3-7,9,15-16H2,1-2H3/t20-,21-,27-,28-,30+,31+/m1/s1. The minimum atomic E-state index is -1.67. The fourth-order valence-electron chi connectivity index (χ4n) is 6.41. The monoisotopic (exact) mass is 670 g/mol. The van der Waals surface area contributed by atoms with Crippen molar-refractivity contribution in [1.82, 2.24) is 0 Å². The van der Waals surface area contributed by atoms with Crippen LogP contribution in [0.25, 0.3) is 11.1 Å². The first-order valence-corrected chi connectivity index (χ1v) is 15.8. The zero-order valence-corrected chi connectivity index (χ0v) is 26.7. The van der Waals surface area contributed by atoms with Gasteiger partial charge < -0.3 is 59.8 Å². The molecule has 3 aromatic rings. The average Bonchev–Trinajstić information content (AvgIpc) is 3.08. The molecule has 0 radical (unpaired) electrons. The molecule has 0 heterocycles. The molecule has 13 nitrogen and oxygen atoms in total. The molecule has 1 saturated carbocycles. The number of hydrogen-bond acceptors (Lipinski definition) is 13. The number of fused-ring (bicyclic) bond motifs is 5. The number of phenolic OH excluding ortho intramolecular Hbond substituents is 4. The second kappa shape index (κ2) is 14.8. The molecule has 0 saturated heterocycles. The van der Waals surface area contributed by atoms with Crippen LogP contribution in [0.15, 0.2) is 36.4 Å². The molecule has 6 atom stereocenters. The maximum Gasteiger partial charge on any atom is 0.338 e. The number of methoxy groups -OCH3 is 2. The van der Waals surface area contributed by atoms with E-state index in [9.17, 15) is 45.6 Å². The summed E-state index contributed by atoms with van der Waals surface area (Å²) in [5.41, 5.74) is 2.36. The van der Waals surface area contributed by atoms with Crippen LogP contribution >= 0.6 is 0 Å². The number of rotatable bonds is 7. The molecule has 3 aromatic carbocycles. The third kappa shape index (κ3) is 7.19. The number of esters is 1. The Labute approximate surface area is 277 Å². The predicted octanol–water partition coefficient (Wildman–Crippen LogP) is 2.92. The highest BCUT2D eigenvalue weighted by Crippen LogP contribution is 2.50. The van der Waals surface area contributed by atoms with Gasteiger partial charge in [-0.1, -0.05) is 12.5 Å². The quantitative estimate of drug-likeness (QED) is 0.134. The van der Waals surface area contributed by atoms with Crippen LogP contribution in [0.4, 0.5) is 0 Å². The number of aromatic hydroxyl groups is 4. The Morgan fingerprint density at radius 1 is 0.750 bits per heavy atom. The predicted molar refractivity (Wildman–Crippen MR) is 171 cm³/mol. The molecule has 2 aliphatic carbocycles. The summed E-state index contributed by atoms with van der Waals surface area (Å²) in [6.45, 7) is -0.420. The summed E-state index contributed by atoms with van der Waals surface area (Å²) in [5, 5.41) is 83.2. The number of benzene rings is 3. The Kier molecular flexibility index (Phi) is 10.7. The van der Waals surface area contributed by atoms with E-state index < -0.39 is 66.3 Å². The number of carbonyl (C=O) groups is 1. The van der Waals surface area contributed by atoms with Crippen LogP contribution in [-0.2, 0) is 17.6 Å². The number of aryl methyl sites for hydroxylation is 2. The summed E-state index contributed by atoms with van der Waals surface area (Å²) in [5.74, 6) is -3.46. The largest absolute Gasteiger partial charge is 0.507 e. The third-order valence-corrected chi connectivity index (χ3v) is 9.13. The number of carbonyl (C=O) groups excluding carboxylic acids is 1. The van der Waals surface area contributed by atoms with Crippen molar-refractivity contribution in [3.05, 3.63) is 53.1 Å². The van der Waals surface area contributed by atoms with Crippen molar-refractivity contribution in [3.63, 3.8) is 0 Å². The number of aliphatic hydroxyl groups is 4. The van der Waals surface area contributed by atoms with E-state index in [1.165, 1.54) is 14.2 Å². The summed E-state index contributed by atoms with van der Waals surface area (Å²) in [6.07, 6.45) is -2.76. The molecule has 4 bridgehead atoms. The van der Waals surface area contributed by atoms with Gasteiger partial charge in [0.15, 0.2) is 28.7 Å². The zero-order valence-electron chi connectivity index (χ0n) is 26.7. The zero-order chi connectivity index (χ0) is 34.7. The van der Waals surface area contributed by atoms with E-state index >= 15 is 0 Å². The topological polar surface area (TPSA) is 216 Å². The summed E-state index contributed by atoms with van der Waals surface area (Å²) >= 11 is 0. The van der Waals surface area contributed by atoms with E-state index in [4.69, 9.17) is 18.9 Å². The molecule has 0 aliphatic heterocycles. The molecule has 0 amide bonds. The van der Waals surface area contributed by atoms with Crippen molar-refractivity contribution in [2.75, 3.05) is 20.8 Å². The smallest absolute Gasteiger partial charge is 0.338 e. The van der Waals surface area contributed by atoms with E-state index in [-0.39, 0.29) is 35.0 Å². The Balaban J connectivity index is 1.47. The van der Waals surface area contributed by atoms with E-state index in [1.54, 1.807) is 6.07 Å². The second-order valence-electron chi connectivity index (χ2n) is 12.4.